The lowest BCUT2D eigenvalue weighted by Crippen LogP contribution is -2.02. The lowest BCUT2D eigenvalue weighted by Gasteiger charge is -2.10. The first-order valence-electron chi connectivity index (χ1n) is 6.47. The van der Waals surface area contributed by atoms with Crippen molar-refractivity contribution in [3.63, 3.8) is 0 Å². The van der Waals surface area contributed by atoms with E-state index in [4.69, 9.17) is 23.2 Å². The van der Waals surface area contributed by atoms with E-state index in [2.05, 4.69) is 42.7 Å². The maximum Gasteiger partial charge on any atom is 0.0493 e. The molecule has 0 aliphatic heterocycles. The summed E-state index contributed by atoms with van der Waals surface area (Å²) in [5.41, 5.74) is 4.59. The fourth-order valence-electron chi connectivity index (χ4n) is 2.45. The normalized spacial score (nSPS) is 11.2. The minimum absolute atomic E-state index is 0.662. The second kappa shape index (κ2) is 5.16. The Balaban J connectivity index is 2.08. The molecule has 3 heteroatoms. The third-order valence-corrected chi connectivity index (χ3v) is 4.09. The Bertz CT molecular complexity index is 787. The van der Waals surface area contributed by atoms with Gasteiger partial charge >= 0.3 is 0 Å². The van der Waals surface area contributed by atoms with Crippen molar-refractivity contribution in [1.29, 1.82) is 0 Å². The van der Waals surface area contributed by atoms with Crippen molar-refractivity contribution in [2.45, 2.75) is 20.4 Å². The molecule has 0 bridgehead atoms. The summed E-state index contributed by atoms with van der Waals surface area (Å²) in [6.07, 6.45) is 0. The van der Waals surface area contributed by atoms with Crippen LogP contribution in [-0.2, 0) is 6.54 Å². The van der Waals surface area contributed by atoms with Crippen molar-refractivity contribution in [3.8, 4) is 0 Å². The smallest absolute Gasteiger partial charge is 0.0493 e. The average Bonchev–Trinajstić information content (AvgIpc) is 2.68. The van der Waals surface area contributed by atoms with E-state index in [1.165, 1.54) is 11.1 Å². The Labute approximate surface area is 128 Å². The van der Waals surface area contributed by atoms with Gasteiger partial charge in [0.15, 0.2) is 0 Å². The maximum atomic E-state index is 6.27. The van der Waals surface area contributed by atoms with E-state index in [0.29, 0.717) is 10.0 Å². The molecular formula is C17H14Cl2N. The molecule has 0 aliphatic rings. The Morgan fingerprint density at radius 2 is 1.85 bits per heavy atom. The third-order valence-electron chi connectivity index (χ3n) is 3.51. The highest BCUT2D eigenvalue weighted by Gasteiger charge is 2.09. The molecule has 3 rings (SSSR count). The third kappa shape index (κ3) is 2.44. The summed E-state index contributed by atoms with van der Waals surface area (Å²) in [4.78, 5) is 0. The molecule has 3 aromatic rings. The van der Waals surface area contributed by atoms with Gasteiger partial charge in [-0.25, -0.2) is 0 Å². The molecule has 1 aromatic heterocycles. The van der Waals surface area contributed by atoms with Crippen LogP contribution in [0.15, 0.2) is 36.4 Å². The molecule has 0 spiro atoms. The highest BCUT2D eigenvalue weighted by Crippen LogP contribution is 2.25. The first-order chi connectivity index (χ1) is 9.54. The Morgan fingerprint density at radius 1 is 1.05 bits per heavy atom. The molecule has 0 atom stereocenters. The second-order valence-corrected chi connectivity index (χ2v) is 5.90. The molecule has 1 heterocycles. The number of hydrogen-bond acceptors (Lipinski definition) is 0. The lowest BCUT2D eigenvalue weighted by atomic mass is 10.2. The van der Waals surface area contributed by atoms with Gasteiger partial charge in [-0.05, 0) is 43.7 Å². The minimum Gasteiger partial charge on any atom is -0.340 e. The fraction of sp³-hybridized carbons (Fsp3) is 0.176. The molecular weight excluding hydrogens is 289 g/mol. The number of halogens is 2. The molecule has 20 heavy (non-hydrogen) atoms. The second-order valence-electron chi connectivity index (χ2n) is 5.05. The van der Waals surface area contributed by atoms with E-state index in [1.807, 2.05) is 12.1 Å². The van der Waals surface area contributed by atoms with Gasteiger partial charge < -0.3 is 4.57 Å². The van der Waals surface area contributed by atoms with Crippen molar-refractivity contribution in [3.05, 3.63) is 69.3 Å². The Kier molecular flexibility index (Phi) is 3.49. The molecule has 1 radical (unpaired) electrons. The van der Waals surface area contributed by atoms with Gasteiger partial charge in [0, 0.05) is 39.3 Å². The first kappa shape index (κ1) is 13.5. The van der Waals surface area contributed by atoms with Crippen molar-refractivity contribution in [2.24, 2.45) is 0 Å². The van der Waals surface area contributed by atoms with Crippen molar-refractivity contribution in [1.82, 2.24) is 4.57 Å². The van der Waals surface area contributed by atoms with Crippen LogP contribution in [0, 0.1) is 19.9 Å². The lowest BCUT2D eigenvalue weighted by molar-refractivity contribution is 0.804. The molecule has 0 saturated heterocycles. The molecule has 1 nitrogen and oxygen atoms in total. The highest BCUT2D eigenvalue weighted by atomic mass is 35.5. The van der Waals surface area contributed by atoms with Crippen LogP contribution >= 0.6 is 23.2 Å². The molecule has 0 fully saturated rings. The van der Waals surface area contributed by atoms with Crippen LogP contribution in [0.5, 0.6) is 0 Å². The van der Waals surface area contributed by atoms with Crippen molar-refractivity contribution >= 4 is 34.1 Å². The van der Waals surface area contributed by atoms with Gasteiger partial charge in [-0.2, -0.15) is 0 Å². The fourth-order valence-corrected chi connectivity index (χ4v) is 2.92. The minimum atomic E-state index is 0.662. The van der Waals surface area contributed by atoms with E-state index >= 15 is 0 Å². The number of nitrogens with zero attached hydrogens (tertiary/aromatic N) is 1. The number of benzene rings is 2. The first-order valence-corrected chi connectivity index (χ1v) is 7.23. The quantitative estimate of drug-likeness (QED) is 0.596. The molecule has 0 N–H and O–H groups in total. The zero-order valence-corrected chi connectivity index (χ0v) is 12.9. The largest absolute Gasteiger partial charge is 0.340 e. The highest BCUT2D eigenvalue weighted by molar-refractivity contribution is 6.35. The van der Waals surface area contributed by atoms with Crippen LogP contribution in [0.4, 0.5) is 0 Å². The van der Waals surface area contributed by atoms with Crippen LogP contribution in [0.2, 0.25) is 10.0 Å². The average molecular weight is 303 g/mol. The number of rotatable bonds is 2. The van der Waals surface area contributed by atoms with Crippen LogP contribution in [0.1, 0.15) is 16.8 Å². The molecule has 2 aromatic carbocycles. The van der Waals surface area contributed by atoms with Gasteiger partial charge in [0.05, 0.1) is 0 Å². The van der Waals surface area contributed by atoms with E-state index in [1.54, 1.807) is 6.07 Å². The number of aryl methyl sites for hydroxylation is 2. The zero-order chi connectivity index (χ0) is 14.3. The summed E-state index contributed by atoms with van der Waals surface area (Å²) in [6, 6.07) is 15.5. The zero-order valence-electron chi connectivity index (χ0n) is 11.4. The van der Waals surface area contributed by atoms with Gasteiger partial charge in [-0.1, -0.05) is 40.9 Å². The van der Waals surface area contributed by atoms with Crippen LogP contribution in [0.25, 0.3) is 10.9 Å². The topological polar surface area (TPSA) is 4.93 Å². The van der Waals surface area contributed by atoms with Gasteiger partial charge in [-0.15, -0.1) is 0 Å². The standard InChI is InChI=1S/C17H14Cl2N/c1-11-3-6-17-14(7-11)8-12(2)20(17)10-13-4-5-15(18)9-16(13)19/h3-7,9H,10H2,1-2H3. The van der Waals surface area contributed by atoms with Crippen LogP contribution in [-0.4, -0.2) is 4.57 Å². The van der Waals surface area contributed by atoms with Crippen LogP contribution < -0.4 is 0 Å². The summed E-state index contributed by atoms with van der Waals surface area (Å²) in [5, 5.41) is 2.51. The monoisotopic (exact) mass is 302 g/mol. The predicted octanol–water partition coefficient (Wildman–Crippen LogP) is 5.41. The molecule has 0 aliphatic carbocycles. The summed E-state index contributed by atoms with van der Waals surface area (Å²) < 4.78 is 2.23. The Hall–Kier alpha value is -1.44. The van der Waals surface area contributed by atoms with Gasteiger partial charge in [0.2, 0.25) is 0 Å². The van der Waals surface area contributed by atoms with E-state index in [9.17, 15) is 0 Å². The molecule has 101 valence electrons. The van der Waals surface area contributed by atoms with E-state index < -0.39 is 0 Å². The SMILES string of the molecule is Cc1ccc2c([c]c(C)n2Cc2ccc(Cl)cc2Cl)c1. The van der Waals surface area contributed by atoms with Crippen molar-refractivity contribution in [2.75, 3.05) is 0 Å². The molecule has 0 amide bonds. The van der Waals surface area contributed by atoms with Crippen molar-refractivity contribution < 1.29 is 0 Å². The summed E-state index contributed by atoms with van der Waals surface area (Å²) in [5.74, 6) is 0. The predicted molar refractivity (Wildman–Crippen MR) is 85.8 cm³/mol. The summed E-state index contributed by atoms with van der Waals surface area (Å²) >= 11 is 12.2. The Morgan fingerprint density at radius 3 is 2.60 bits per heavy atom. The number of hydrogen-bond donors (Lipinski definition) is 0. The van der Waals surface area contributed by atoms with E-state index in [0.717, 1.165) is 23.2 Å². The van der Waals surface area contributed by atoms with Crippen LogP contribution in [0.3, 0.4) is 0 Å². The summed E-state index contributed by atoms with van der Waals surface area (Å²) in [7, 11) is 0. The summed E-state index contributed by atoms with van der Waals surface area (Å²) in [6.45, 7) is 4.89. The van der Waals surface area contributed by atoms with E-state index in [-0.39, 0.29) is 0 Å². The van der Waals surface area contributed by atoms with Gasteiger partial charge in [0.25, 0.3) is 0 Å². The number of aromatic nitrogens is 1. The van der Waals surface area contributed by atoms with Gasteiger partial charge in [-0.3, -0.25) is 0 Å². The molecule has 0 saturated carbocycles. The maximum absolute atomic E-state index is 6.27. The number of fused-ring (bicyclic) bond motifs is 1. The van der Waals surface area contributed by atoms with Gasteiger partial charge in [0.1, 0.15) is 0 Å². The molecule has 0 unspecified atom stereocenters.